The quantitative estimate of drug-likeness (QED) is 0.165. The lowest BCUT2D eigenvalue weighted by Gasteiger charge is -2.15. The second-order valence-electron chi connectivity index (χ2n) is 11.2. The number of hydrogen-bond donors (Lipinski definition) is 5. The second kappa shape index (κ2) is 18.7. The van der Waals surface area contributed by atoms with Gasteiger partial charge in [0, 0.05) is 34.4 Å². The molecule has 1 aliphatic heterocycles. The molecule has 0 bridgehead atoms. The number of aliphatic hydroxyl groups excluding tert-OH is 1. The number of thioether (sulfide) groups is 2. The highest BCUT2D eigenvalue weighted by molar-refractivity contribution is 8.00. The van der Waals surface area contributed by atoms with E-state index in [0.29, 0.717) is 59.9 Å². The van der Waals surface area contributed by atoms with Crippen molar-refractivity contribution >= 4 is 58.5 Å². The minimum absolute atomic E-state index is 0.277. The van der Waals surface area contributed by atoms with Crippen LogP contribution < -0.4 is 30.7 Å². The Bertz CT molecular complexity index is 1680. The zero-order chi connectivity index (χ0) is 35.1. The Morgan fingerprint density at radius 2 is 0.960 bits per heavy atom. The largest absolute Gasteiger partial charge is 0.483 e. The third kappa shape index (κ3) is 10.8. The molecule has 0 fully saturated rings. The molecule has 0 unspecified atom stereocenters. The maximum Gasteiger partial charge on any atom is 0.262 e. The van der Waals surface area contributed by atoms with E-state index in [-0.39, 0.29) is 36.5 Å². The van der Waals surface area contributed by atoms with Gasteiger partial charge in [0.2, 0.25) is 0 Å². The SMILES string of the molecule is O=C1COc2ccccc2C(=O)NCCCCNC(=O)c2ccccc2OCC(=O)Nc2ccccc2SCC(O)CSc2ccccc2N1. The van der Waals surface area contributed by atoms with Crippen LogP contribution in [0.1, 0.15) is 33.6 Å². The van der Waals surface area contributed by atoms with Gasteiger partial charge in [-0.25, -0.2) is 0 Å². The number of carbonyl (C=O) groups excluding carboxylic acids is 4. The fraction of sp³-hybridized carbons (Fsp3) is 0.243. The molecule has 4 amide bonds. The first kappa shape index (κ1) is 36.3. The molecular formula is C37H38N4O7S2. The van der Waals surface area contributed by atoms with Crippen LogP contribution in [-0.2, 0) is 9.59 Å². The van der Waals surface area contributed by atoms with Gasteiger partial charge < -0.3 is 35.8 Å². The van der Waals surface area contributed by atoms with E-state index in [1.807, 2.05) is 24.3 Å². The van der Waals surface area contributed by atoms with E-state index < -0.39 is 17.9 Å². The van der Waals surface area contributed by atoms with Crippen molar-refractivity contribution in [2.24, 2.45) is 0 Å². The highest BCUT2D eigenvalue weighted by Crippen LogP contribution is 2.31. The van der Waals surface area contributed by atoms with Gasteiger partial charge in [-0.05, 0) is 61.4 Å². The van der Waals surface area contributed by atoms with Crippen LogP contribution >= 0.6 is 23.5 Å². The van der Waals surface area contributed by atoms with Crippen molar-refractivity contribution < 1.29 is 33.8 Å². The van der Waals surface area contributed by atoms with Crippen molar-refractivity contribution in [1.29, 1.82) is 0 Å². The third-order valence-corrected chi connectivity index (χ3v) is 9.78. The lowest BCUT2D eigenvalue weighted by Crippen LogP contribution is -2.28. The van der Waals surface area contributed by atoms with Gasteiger partial charge in [-0.3, -0.25) is 19.2 Å². The maximum absolute atomic E-state index is 13.0. The van der Waals surface area contributed by atoms with Crippen LogP contribution in [0.25, 0.3) is 0 Å². The zero-order valence-corrected chi connectivity index (χ0v) is 28.8. The number of rotatable bonds is 0. The summed E-state index contributed by atoms with van der Waals surface area (Å²) < 4.78 is 11.5. The molecule has 4 aromatic carbocycles. The topological polar surface area (TPSA) is 155 Å². The molecular weight excluding hydrogens is 677 g/mol. The van der Waals surface area contributed by atoms with Crippen molar-refractivity contribution in [2.75, 3.05) is 48.4 Å². The Kier molecular flexibility index (Phi) is 13.6. The van der Waals surface area contributed by atoms with Crippen molar-refractivity contribution in [3.05, 3.63) is 108 Å². The van der Waals surface area contributed by atoms with Gasteiger partial charge in [0.05, 0.1) is 28.6 Å². The summed E-state index contributed by atoms with van der Waals surface area (Å²) in [5.41, 5.74) is 1.76. The smallest absolute Gasteiger partial charge is 0.262 e. The molecule has 11 nitrogen and oxygen atoms in total. The van der Waals surface area contributed by atoms with E-state index in [1.165, 1.54) is 23.5 Å². The Balaban J connectivity index is 1.29. The van der Waals surface area contributed by atoms with Gasteiger partial charge in [0.25, 0.3) is 23.6 Å². The van der Waals surface area contributed by atoms with Crippen LogP contribution in [0.2, 0.25) is 0 Å². The van der Waals surface area contributed by atoms with Crippen LogP contribution in [0.15, 0.2) is 107 Å². The fourth-order valence-corrected chi connectivity index (χ4v) is 6.90. The fourth-order valence-electron chi connectivity index (χ4n) is 4.88. The summed E-state index contributed by atoms with van der Waals surface area (Å²) in [6.07, 6.45) is 0.499. The molecule has 5 N–H and O–H groups in total. The number of amides is 4. The summed E-state index contributed by atoms with van der Waals surface area (Å²) in [4.78, 5) is 53.3. The monoisotopic (exact) mass is 714 g/mol. The summed E-state index contributed by atoms with van der Waals surface area (Å²) in [7, 11) is 0. The number of aliphatic hydroxyl groups is 1. The number of nitrogens with one attached hydrogen (secondary N) is 4. The van der Waals surface area contributed by atoms with Crippen LogP contribution in [0.3, 0.4) is 0 Å². The highest BCUT2D eigenvalue weighted by Gasteiger charge is 2.17. The van der Waals surface area contributed by atoms with E-state index in [2.05, 4.69) is 21.3 Å². The maximum atomic E-state index is 13.0. The minimum atomic E-state index is -0.703. The molecule has 0 spiro atoms. The molecule has 0 aliphatic carbocycles. The number of anilines is 2. The first-order chi connectivity index (χ1) is 24.4. The Hall–Kier alpha value is -4.98. The molecule has 260 valence electrons. The molecule has 0 saturated carbocycles. The predicted molar refractivity (Wildman–Crippen MR) is 195 cm³/mol. The summed E-state index contributed by atoms with van der Waals surface area (Å²) in [5.74, 6) is -0.221. The number of carbonyl (C=O) groups is 4. The van der Waals surface area contributed by atoms with Gasteiger partial charge in [-0.15, -0.1) is 23.5 Å². The molecule has 0 radical (unpaired) electrons. The van der Waals surface area contributed by atoms with Crippen LogP contribution in [0.4, 0.5) is 11.4 Å². The van der Waals surface area contributed by atoms with Crippen molar-refractivity contribution in [2.45, 2.75) is 28.7 Å². The summed E-state index contributed by atoms with van der Waals surface area (Å²) in [6, 6.07) is 28.0. The van der Waals surface area contributed by atoms with Gasteiger partial charge in [0.15, 0.2) is 13.2 Å². The molecule has 50 heavy (non-hydrogen) atoms. The van der Waals surface area contributed by atoms with Gasteiger partial charge >= 0.3 is 0 Å². The molecule has 0 saturated heterocycles. The van der Waals surface area contributed by atoms with E-state index >= 15 is 0 Å². The van der Waals surface area contributed by atoms with Crippen LogP contribution in [-0.4, -0.2) is 72.6 Å². The predicted octanol–water partition coefficient (Wildman–Crippen LogP) is 5.22. The lowest BCUT2D eigenvalue weighted by molar-refractivity contribution is -0.118. The zero-order valence-electron chi connectivity index (χ0n) is 27.2. The molecule has 0 aromatic heterocycles. The number of para-hydroxylation sites is 4. The number of benzene rings is 4. The number of ether oxygens (including phenoxy) is 2. The van der Waals surface area contributed by atoms with Gasteiger partial charge in [-0.2, -0.15) is 0 Å². The Morgan fingerprint density at radius 3 is 1.42 bits per heavy atom. The average Bonchev–Trinajstić information content (AvgIpc) is 3.13. The molecule has 5 rings (SSSR count). The standard InChI is InChI=1S/C37H38N4O7S2/c42-25-23-49-32-17-7-3-13-28(32)40-34(43)21-47-30-15-5-1-11-26(30)36(45)38-19-9-10-20-39-37(46)27-12-2-6-16-31(27)48-22-35(44)41-29-14-4-8-18-33(29)50-24-25/h1-8,11-18,25,42H,9-10,19-24H2,(H,38,45)(H,39,46)(H,40,43)(H,41,44). The lowest BCUT2D eigenvalue weighted by atomic mass is 10.1. The first-order valence-corrected chi connectivity index (χ1v) is 18.1. The molecule has 13 heteroatoms. The molecule has 0 atom stereocenters. The first-order valence-electron chi connectivity index (χ1n) is 16.1. The van der Waals surface area contributed by atoms with Crippen LogP contribution in [0.5, 0.6) is 11.5 Å². The highest BCUT2D eigenvalue weighted by atomic mass is 32.2. The van der Waals surface area contributed by atoms with E-state index in [0.717, 1.165) is 9.79 Å². The van der Waals surface area contributed by atoms with E-state index in [1.54, 1.807) is 72.8 Å². The third-order valence-electron chi connectivity index (χ3n) is 7.34. The van der Waals surface area contributed by atoms with E-state index in [9.17, 15) is 24.3 Å². The molecule has 4 aromatic rings. The number of hydrogen-bond acceptors (Lipinski definition) is 9. The summed E-state index contributed by atoms with van der Waals surface area (Å²) in [6.45, 7) is 0.102. The Labute approximate surface area is 298 Å². The number of fused-ring (bicyclic) bond motifs is 4. The van der Waals surface area contributed by atoms with Gasteiger partial charge in [0.1, 0.15) is 11.5 Å². The van der Waals surface area contributed by atoms with Crippen molar-refractivity contribution in [3.8, 4) is 11.5 Å². The van der Waals surface area contributed by atoms with Gasteiger partial charge in [-0.1, -0.05) is 48.5 Å². The van der Waals surface area contributed by atoms with Crippen molar-refractivity contribution in [1.82, 2.24) is 10.6 Å². The Morgan fingerprint density at radius 1 is 0.560 bits per heavy atom. The molecule has 1 heterocycles. The van der Waals surface area contributed by atoms with Crippen molar-refractivity contribution in [3.63, 3.8) is 0 Å². The summed E-state index contributed by atoms with van der Waals surface area (Å²) >= 11 is 2.81. The normalized spacial score (nSPS) is 16.3. The summed E-state index contributed by atoms with van der Waals surface area (Å²) in [5, 5.41) is 22.3. The average molecular weight is 715 g/mol. The second-order valence-corrected chi connectivity index (χ2v) is 13.3. The van der Waals surface area contributed by atoms with E-state index in [4.69, 9.17) is 9.47 Å². The van der Waals surface area contributed by atoms with Crippen LogP contribution in [0, 0.1) is 0 Å². The molecule has 1 aliphatic rings. The minimum Gasteiger partial charge on any atom is -0.483 e.